The Morgan fingerprint density at radius 2 is 2.46 bits per heavy atom. The van der Waals surface area contributed by atoms with Crippen LogP contribution >= 0.6 is 11.3 Å². The minimum Gasteiger partial charge on any atom is -0.309 e. The van der Waals surface area contributed by atoms with Gasteiger partial charge in [-0.1, -0.05) is 0 Å². The highest BCUT2D eigenvalue weighted by molar-refractivity contribution is 7.08. The molecule has 2 nitrogen and oxygen atoms in total. The van der Waals surface area contributed by atoms with Crippen molar-refractivity contribution < 1.29 is 4.79 Å². The molecule has 0 saturated carbocycles. The van der Waals surface area contributed by atoms with E-state index < -0.39 is 0 Å². The fraction of sp³-hybridized carbons (Fsp3) is 0.500. The molecule has 0 spiro atoms. The molecule has 0 aliphatic carbocycles. The Morgan fingerprint density at radius 3 is 3.08 bits per heavy atom. The van der Waals surface area contributed by atoms with E-state index in [2.05, 4.69) is 6.92 Å². The summed E-state index contributed by atoms with van der Waals surface area (Å²) in [5.41, 5.74) is 1.07. The molecule has 1 aliphatic rings. The van der Waals surface area contributed by atoms with Crippen molar-refractivity contribution in [3.05, 3.63) is 16.8 Å². The Bertz CT molecular complexity index is 294. The summed E-state index contributed by atoms with van der Waals surface area (Å²) in [7, 11) is 0. The second-order valence-corrected chi connectivity index (χ2v) is 4.27. The lowest BCUT2D eigenvalue weighted by Gasteiger charge is -2.32. The molecule has 2 heterocycles. The van der Waals surface area contributed by atoms with Gasteiger partial charge in [0.25, 0.3) is 0 Å². The summed E-state index contributed by atoms with van der Waals surface area (Å²) in [4.78, 5) is 13.6. The van der Waals surface area contributed by atoms with Crippen molar-refractivity contribution in [2.24, 2.45) is 0 Å². The summed E-state index contributed by atoms with van der Waals surface area (Å²) >= 11 is 1.64. The van der Waals surface area contributed by atoms with Crippen molar-refractivity contribution in [1.29, 1.82) is 0 Å². The van der Waals surface area contributed by atoms with Gasteiger partial charge < -0.3 is 4.90 Å². The van der Waals surface area contributed by atoms with Gasteiger partial charge in [0.05, 0.1) is 5.69 Å². The van der Waals surface area contributed by atoms with Crippen LogP contribution in [0.4, 0.5) is 5.69 Å². The van der Waals surface area contributed by atoms with E-state index in [4.69, 9.17) is 0 Å². The van der Waals surface area contributed by atoms with E-state index >= 15 is 0 Å². The maximum absolute atomic E-state index is 11.6. The van der Waals surface area contributed by atoms with Crippen LogP contribution in [0.25, 0.3) is 0 Å². The van der Waals surface area contributed by atoms with Crippen molar-refractivity contribution in [1.82, 2.24) is 0 Å². The number of carbonyl (C=O) groups is 1. The summed E-state index contributed by atoms with van der Waals surface area (Å²) in [6.45, 7) is 2.12. The molecule has 1 amide bonds. The van der Waals surface area contributed by atoms with E-state index in [1.54, 1.807) is 11.3 Å². The van der Waals surface area contributed by atoms with Gasteiger partial charge in [0.1, 0.15) is 0 Å². The van der Waals surface area contributed by atoms with Crippen LogP contribution in [0.2, 0.25) is 0 Å². The number of anilines is 1. The van der Waals surface area contributed by atoms with Gasteiger partial charge in [0.15, 0.2) is 0 Å². The molecule has 1 aliphatic heterocycles. The number of hydrogen-bond acceptors (Lipinski definition) is 2. The van der Waals surface area contributed by atoms with Crippen LogP contribution in [-0.4, -0.2) is 11.9 Å². The molecular weight excluding hydrogens is 182 g/mol. The van der Waals surface area contributed by atoms with Crippen LogP contribution in [0, 0.1) is 0 Å². The topological polar surface area (TPSA) is 20.3 Å². The van der Waals surface area contributed by atoms with Gasteiger partial charge in [-0.3, -0.25) is 4.79 Å². The standard InChI is InChI=1S/C10H13NOS/c1-8-3-2-4-10(12)11(8)9-5-6-13-7-9/h5-8H,2-4H2,1H3/t8-/m0/s1. The van der Waals surface area contributed by atoms with Gasteiger partial charge in [-0.05, 0) is 31.2 Å². The predicted octanol–water partition coefficient (Wildman–Crippen LogP) is 2.65. The molecule has 0 aromatic carbocycles. The molecule has 0 bridgehead atoms. The Kier molecular flexibility index (Phi) is 2.36. The first-order chi connectivity index (χ1) is 6.29. The molecule has 1 saturated heterocycles. The van der Waals surface area contributed by atoms with Gasteiger partial charge in [-0.15, -0.1) is 0 Å². The number of amides is 1. The second-order valence-electron chi connectivity index (χ2n) is 3.49. The molecule has 3 heteroatoms. The zero-order chi connectivity index (χ0) is 9.26. The predicted molar refractivity (Wildman–Crippen MR) is 55.1 cm³/mol. The zero-order valence-corrected chi connectivity index (χ0v) is 8.51. The SMILES string of the molecule is C[C@H]1CCCC(=O)N1c1ccsc1. The normalized spacial score (nSPS) is 23.6. The molecule has 70 valence electrons. The molecule has 1 atom stereocenters. The maximum atomic E-state index is 11.6. The lowest BCUT2D eigenvalue weighted by Crippen LogP contribution is -2.41. The Labute approximate surface area is 82.2 Å². The first-order valence-corrected chi connectivity index (χ1v) is 5.57. The Hall–Kier alpha value is -0.830. The monoisotopic (exact) mass is 195 g/mol. The maximum Gasteiger partial charge on any atom is 0.227 e. The van der Waals surface area contributed by atoms with Gasteiger partial charge in [-0.2, -0.15) is 11.3 Å². The molecule has 1 aromatic heterocycles. The van der Waals surface area contributed by atoms with E-state index in [-0.39, 0.29) is 5.91 Å². The number of nitrogens with zero attached hydrogens (tertiary/aromatic N) is 1. The summed E-state index contributed by atoms with van der Waals surface area (Å²) < 4.78 is 0. The first-order valence-electron chi connectivity index (χ1n) is 4.63. The van der Waals surface area contributed by atoms with Gasteiger partial charge in [0, 0.05) is 17.8 Å². The lowest BCUT2D eigenvalue weighted by atomic mass is 10.0. The number of thiophene rings is 1. The quantitative estimate of drug-likeness (QED) is 0.674. The molecule has 0 radical (unpaired) electrons. The van der Waals surface area contributed by atoms with Gasteiger partial charge in [0.2, 0.25) is 5.91 Å². The molecule has 1 fully saturated rings. The third-order valence-electron chi connectivity index (χ3n) is 2.51. The molecular formula is C10H13NOS. The van der Waals surface area contributed by atoms with E-state index in [0.29, 0.717) is 12.5 Å². The van der Waals surface area contributed by atoms with E-state index in [1.807, 2.05) is 21.7 Å². The Balaban J connectivity index is 2.24. The van der Waals surface area contributed by atoms with Crippen molar-refractivity contribution in [2.45, 2.75) is 32.2 Å². The van der Waals surface area contributed by atoms with E-state index in [0.717, 1.165) is 18.5 Å². The third kappa shape index (κ3) is 1.61. The average Bonchev–Trinajstić information content (AvgIpc) is 2.57. The Morgan fingerprint density at radius 1 is 1.62 bits per heavy atom. The smallest absolute Gasteiger partial charge is 0.227 e. The average molecular weight is 195 g/mol. The van der Waals surface area contributed by atoms with Crippen molar-refractivity contribution >= 4 is 22.9 Å². The molecule has 2 rings (SSSR count). The van der Waals surface area contributed by atoms with Crippen LogP contribution in [-0.2, 0) is 4.79 Å². The fourth-order valence-electron chi connectivity index (χ4n) is 1.84. The summed E-state index contributed by atoms with van der Waals surface area (Å²) in [5.74, 6) is 0.275. The van der Waals surface area contributed by atoms with Gasteiger partial charge >= 0.3 is 0 Å². The minimum atomic E-state index is 0.275. The van der Waals surface area contributed by atoms with Crippen LogP contribution in [0.1, 0.15) is 26.2 Å². The van der Waals surface area contributed by atoms with Crippen LogP contribution in [0.15, 0.2) is 16.8 Å². The van der Waals surface area contributed by atoms with Crippen molar-refractivity contribution in [3.63, 3.8) is 0 Å². The number of carbonyl (C=O) groups excluding carboxylic acids is 1. The second kappa shape index (κ2) is 3.50. The van der Waals surface area contributed by atoms with Crippen LogP contribution in [0.5, 0.6) is 0 Å². The highest BCUT2D eigenvalue weighted by Crippen LogP contribution is 2.26. The van der Waals surface area contributed by atoms with E-state index in [1.165, 1.54) is 0 Å². The third-order valence-corrected chi connectivity index (χ3v) is 3.18. The largest absolute Gasteiger partial charge is 0.309 e. The van der Waals surface area contributed by atoms with E-state index in [9.17, 15) is 4.79 Å². The molecule has 13 heavy (non-hydrogen) atoms. The number of piperidine rings is 1. The lowest BCUT2D eigenvalue weighted by molar-refractivity contribution is -0.120. The first kappa shape index (κ1) is 8.75. The molecule has 0 N–H and O–H groups in total. The fourth-order valence-corrected chi connectivity index (χ4v) is 2.47. The number of rotatable bonds is 1. The summed E-state index contributed by atoms with van der Waals surface area (Å²) in [5, 5.41) is 4.06. The number of hydrogen-bond donors (Lipinski definition) is 0. The highest BCUT2D eigenvalue weighted by Gasteiger charge is 2.25. The van der Waals surface area contributed by atoms with Crippen LogP contribution < -0.4 is 4.90 Å². The van der Waals surface area contributed by atoms with Crippen LogP contribution in [0.3, 0.4) is 0 Å². The van der Waals surface area contributed by atoms with Gasteiger partial charge in [-0.25, -0.2) is 0 Å². The van der Waals surface area contributed by atoms with Crippen molar-refractivity contribution in [3.8, 4) is 0 Å². The van der Waals surface area contributed by atoms with Crippen molar-refractivity contribution in [2.75, 3.05) is 4.90 Å². The summed E-state index contributed by atoms with van der Waals surface area (Å²) in [6, 6.07) is 2.39. The highest BCUT2D eigenvalue weighted by atomic mass is 32.1. The zero-order valence-electron chi connectivity index (χ0n) is 7.69. The molecule has 0 unspecified atom stereocenters. The minimum absolute atomic E-state index is 0.275. The summed E-state index contributed by atoms with van der Waals surface area (Å²) in [6.07, 6.45) is 2.88. The molecule has 1 aromatic rings.